The molecule has 2 aromatic heterocycles. The molecule has 4 heteroatoms. The Hall–Kier alpha value is -1.58. The lowest BCUT2D eigenvalue weighted by molar-refractivity contribution is 0.728. The topological polar surface area (TPSA) is 35.6 Å². The van der Waals surface area contributed by atoms with E-state index in [0.29, 0.717) is 5.92 Å². The van der Waals surface area contributed by atoms with Crippen molar-refractivity contribution in [2.75, 3.05) is 0 Å². The second kappa shape index (κ2) is 12.8. The third-order valence-electron chi connectivity index (χ3n) is 3.64. The fraction of sp³-hybridized carbons (Fsp3) is 0.700. The lowest BCUT2D eigenvalue weighted by Gasteiger charge is -2.04. The van der Waals surface area contributed by atoms with Crippen molar-refractivity contribution in [2.45, 2.75) is 81.6 Å². The van der Waals surface area contributed by atoms with Gasteiger partial charge in [0.1, 0.15) is 0 Å². The normalized spacial score (nSPS) is 9.38. The van der Waals surface area contributed by atoms with Crippen LogP contribution in [-0.2, 0) is 20.5 Å². The van der Waals surface area contributed by atoms with Gasteiger partial charge in [0.15, 0.2) is 0 Å². The predicted molar refractivity (Wildman–Crippen MR) is 107 cm³/mol. The van der Waals surface area contributed by atoms with Crippen LogP contribution in [0.15, 0.2) is 6.20 Å². The molecular formula is C20H40N4. The highest BCUT2D eigenvalue weighted by Gasteiger charge is 2.11. The zero-order valence-corrected chi connectivity index (χ0v) is 18.2. The Morgan fingerprint density at radius 1 is 0.917 bits per heavy atom. The van der Waals surface area contributed by atoms with E-state index in [2.05, 4.69) is 51.0 Å². The first-order valence-electron chi connectivity index (χ1n) is 9.27. The van der Waals surface area contributed by atoms with Crippen molar-refractivity contribution in [2.24, 2.45) is 14.1 Å². The highest BCUT2D eigenvalue weighted by Crippen LogP contribution is 2.21. The number of nitrogens with zero attached hydrogens (tertiary/aromatic N) is 4. The van der Waals surface area contributed by atoms with Crippen LogP contribution in [-0.4, -0.2) is 19.6 Å². The second-order valence-corrected chi connectivity index (χ2v) is 5.63. The fourth-order valence-electron chi connectivity index (χ4n) is 2.62. The molecule has 0 atom stereocenters. The van der Waals surface area contributed by atoms with Gasteiger partial charge in [0, 0.05) is 26.0 Å². The minimum atomic E-state index is 0.587. The van der Waals surface area contributed by atoms with Gasteiger partial charge in [0.25, 0.3) is 0 Å². The largest absolute Gasteiger partial charge is 0.275 e. The maximum absolute atomic E-state index is 4.35. The third-order valence-corrected chi connectivity index (χ3v) is 3.64. The monoisotopic (exact) mass is 336 g/mol. The molecule has 0 radical (unpaired) electrons. The molecule has 0 fully saturated rings. The first kappa shape index (κ1) is 24.7. The molecular weight excluding hydrogens is 296 g/mol. The summed E-state index contributed by atoms with van der Waals surface area (Å²) < 4.78 is 3.80. The third kappa shape index (κ3) is 7.33. The quantitative estimate of drug-likeness (QED) is 0.725. The number of aromatic nitrogens is 4. The Balaban J connectivity index is 0. The minimum Gasteiger partial charge on any atom is -0.275 e. The Labute approximate surface area is 150 Å². The van der Waals surface area contributed by atoms with E-state index in [1.807, 2.05) is 58.1 Å². The summed E-state index contributed by atoms with van der Waals surface area (Å²) in [5, 5.41) is 8.55. The van der Waals surface area contributed by atoms with Crippen molar-refractivity contribution in [3.05, 3.63) is 34.4 Å². The maximum Gasteiger partial charge on any atom is 0.0630 e. The van der Waals surface area contributed by atoms with E-state index >= 15 is 0 Å². The summed E-state index contributed by atoms with van der Waals surface area (Å²) in [6, 6.07) is 0. The standard InChI is InChI=1S/C9H16N2.C7H12N2.2C2H6/c1-6(2)9-7(3)10-11(5)8(9)4;1-4-7-5-9(3)8-6(7)2;2*1-2/h6H,1-5H3;5H,4H2,1-3H3;2*1-2H3. The number of rotatable bonds is 2. The molecule has 0 saturated carbocycles. The highest BCUT2D eigenvalue weighted by atomic mass is 15.3. The molecule has 0 amide bonds. The van der Waals surface area contributed by atoms with Gasteiger partial charge in [-0.2, -0.15) is 10.2 Å². The molecule has 0 bridgehead atoms. The summed E-state index contributed by atoms with van der Waals surface area (Å²) in [6.07, 6.45) is 3.15. The van der Waals surface area contributed by atoms with E-state index in [1.54, 1.807) is 0 Å². The van der Waals surface area contributed by atoms with Gasteiger partial charge in [0.05, 0.1) is 11.4 Å². The van der Waals surface area contributed by atoms with Gasteiger partial charge in [-0.05, 0) is 44.2 Å². The summed E-state index contributed by atoms with van der Waals surface area (Å²) >= 11 is 0. The number of aryl methyl sites for hydroxylation is 5. The molecule has 0 aliphatic carbocycles. The second-order valence-electron chi connectivity index (χ2n) is 5.63. The highest BCUT2D eigenvalue weighted by molar-refractivity contribution is 5.27. The van der Waals surface area contributed by atoms with Gasteiger partial charge in [-0.3, -0.25) is 9.36 Å². The van der Waals surface area contributed by atoms with Crippen molar-refractivity contribution >= 4 is 0 Å². The Bertz CT molecular complexity index is 562. The van der Waals surface area contributed by atoms with Crippen LogP contribution in [0.4, 0.5) is 0 Å². The Morgan fingerprint density at radius 2 is 1.42 bits per heavy atom. The fourth-order valence-corrected chi connectivity index (χ4v) is 2.62. The van der Waals surface area contributed by atoms with E-state index in [0.717, 1.165) is 12.1 Å². The van der Waals surface area contributed by atoms with Gasteiger partial charge >= 0.3 is 0 Å². The van der Waals surface area contributed by atoms with Gasteiger partial charge < -0.3 is 0 Å². The van der Waals surface area contributed by atoms with Gasteiger partial charge in [-0.1, -0.05) is 48.5 Å². The molecule has 2 aromatic rings. The van der Waals surface area contributed by atoms with Crippen LogP contribution >= 0.6 is 0 Å². The van der Waals surface area contributed by atoms with Crippen LogP contribution < -0.4 is 0 Å². The summed E-state index contributed by atoms with van der Waals surface area (Å²) in [5.74, 6) is 0.587. The van der Waals surface area contributed by atoms with Gasteiger partial charge in [-0.25, -0.2) is 0 Å². The zero-order chi connectivity index (χ0) is 19.4. The summed E-state index contributed by atoms with van der Waals surface area (Å²) in [7, 11) is 3.94. The van der Waals surface area contributed by atoms with Crippen LogP contribution in [0.3, 0.4) is 0 Å². The first-order chi connectivity index (χ1) is 11.3. The minimum absolute atomic E-state index is 0.587. The Morgan fingerprint density at radius 3 is 1.58 bits per heavy atom. The maximum atomic E-state index is 4.35. The van der Waals surface area contributed by atoms with Crippen molar-refractivity contribution in [3.63, 3.8) is 0 Å². The summed E-state index contributed by atoms with van der Waals surface area (Å²) in [5.41, 5.74) is 6.35. The van der Waals surface area contributed by atoms with Crippen LogP contribution in [0.25, 0.3) is 0 Å². The molecule has 0 unspecified atom stereocenters. The summed E-state index contributed by atoms with van der Waals surface area (Å²) in [4.78, 5) is 0. The molecule has 0 aliphatic rings. The average Bonchev–Trinajstić information content (AvgIpc) is 3.01. The van der Waals surface area contributed by atoms with Crippen molar-refractivity contribution in [3.8, 4) is 0 Å². The summed E-state index contributed by atoms with van der Waals surface area (Å²) in [6.45, 7) is 20.8. The lowest BCUT2D eigenvalue weighted by Crippen LogP contribution is -1.94. The van der Waals surface area contributed by atoms with Crippen molar-refractivity contribution in [1.29, 1.82) is 0 Å². The number of hydrogen-bond acceptors (Lipinski definition) is 2. The molecule has 2 heterocycles. The molecule has 0 aliphatic heterocycles. The van der Waals surface area contributed by atoms with Crippen molar-refractivity contribution < 1.29 is 0 Å². The van der Waals surface area contributed by atoms with E-state index < -0.39 is 0 Å². The molecule has 0 aromatic carbocycles. The Kier molecular flexibility index (Phi) is 13.2. The van der Waals surface area contributed by atoms with Crippen LogP contribution in [0.1, 0.15) is 82.6 Å². The molecule has 0 N–H and O–H groups in total. The molecule has 0 saturated heterocycles. The first-order valence-corrected chi connectivity index (χ1v) is 9.27. The van der Waals surface area contributed by atoms with Crippen LogP contribution in [0.5, 0.6) is 0 Å². The van der Waals surface area contributed by atoms with E-state index in [-0.39, 0.29) is 0 Å². The molecule has 24 heavy (non-hydrogen) atoms. The van der Waals surface area contributed by atoms with Crippen molar-refractivity contribution in [1.82, 2.24) is 19.6 Å². The molecule has 4 nitrogen and oxygen atoms in total. The average molecular weight is 337 g/mol. The van der Waals surface area contributed by atoms with Crippen LogP contribution in [0, 0.1) is 20.8 Å². The molecule has 0 spiro atoms. The molecule has 140 valence electrons. The smallest absolute Gasteiger partial charge is 0.0630 e. The predicted octanol–water partition coefficient (Wildman–Crippen LogP) is 5.50. The van der Waals surface area contributed by atoms with E-state index in [9.17, 15) is 0 Å². The SMILES string of the molecule is CC.CC.CCc1cn(C)nc1C.Cc1nn(C)c(C)c1C(C)C. The number of hydrogen-bond donors (Lipinski definition) is 0. The van der Waals surface area contributed by atoms with E-state index in [1.165, 1.54) is 22.5 Å². The van der Waals surface area contributed by atoms with Crippen LogP contribution in [0.2, 0.25) is 0 Å². The lowest BCUT2D eigenvalue weighted by atomic mass is 10.0. The zero-order valence-electron chi connectivity index (χ0n) is 18.2. The van der Waals surface area contributed by atoms with E-state index in [4.69, 9.17) is 0 Å². The van der Waals surface area contributed by atoms with Gasteiger partial charge in [0.2, 0.25) is 0 Å². The van der Waals surface area contributed by atoms with Gasteiger partial charge in [-0.15, -0.1) is 0 Å². The molecule has 2 rings (SSSR count).